The van der Waals surface area contributed by atoms with Crippen LogP contribution in [-0.4, -0.2) is 0 Å². The third-order valence-corrected chi connectivity index (χ3v) is 2.04. The highest BCUT2D eigenvalue weighted by atomic mass is 19.4. The molecule has 0 saturated carbocycles. The summed E-state index contributed by atoms with van der Waals surface area (Å²) in [7, 11) is 0. The van der Waals surface area contributed by atoms with E-state index in [1.54, 1.807) is 0 Å². The minimum Gasteiger partial charge on any atom is -0.399 e. The van der Waals surface area contributed by atoms with Crippen molar-refractivity contribution in [3.63, 3.8) is 0 Å². The van der Waals surface area contributed by atoms with Crippen molar-refractivity contribution in [3.8, 4) is 0 Å². The van der Waals surface area contributed by atoms with Gasteiger partial charge in [-0.2, -0.15) is 26.3 Å². The molecule has 0 unspecified atom stereocenters. The van der Waals surface area contributed by atoms with Gasteiger partial charge in [0.05, 0.1) is 11.1 Å². The second-order valence-corrected chi connectivity index (χ2v) is 3.24. The van der Waals surface area contributed by atoms with Gasteiger partial charge in [0, 0.05) is 5.69 Å². The Bertz CT molecular complexity index is 368. The van der Waals surface area contributed by atoms with Crippen molar-refractivity contribution >= 4 is 5.69 Å². The molecule has 0 aliphatic carbocycles. The molecule has 2 N–H and O–H groups in total. The highest BCUT2D eigenvalue weighted by molar-refractivity contribution is 5.51. The van der Waals surface area contributed by atoms with E-state index < -0.39 is 34.7 Å². The Balaban J connectivity index is 3.51. The second-order valence-electron chi connectivity index (χ2n) is 3.24. The normalized spacial score (nSPS) is 12.9. The van der Waals surface area contributed by atoms with Crippen LogP contribution in [0.25, 0.3) is 0 Å². The molecular formula is C9H7F6N. The molecule has 0 radical (unpaired) electrons. The monoisotopic (exact) mass is 243 g/mol. The third-order valence-electron chi connectivity index (χ3n) is 2.04. The van der Waals surface area contributed by atoms with Gasteiger partial charge in [-0.3, -0.25) is 0 Å². The van der Waals surface area contributed by atoms with E-state index in [1.807, 2.05) is 0 Å². The molecule has 1 aromatic carbocycles. The summed E-state index contributed by atoms with van der Waals surface area (Å²) in [5.41, 5.74) is 0.868. The smallest absolute Gasteiger partial charge is 0.399 e. The Morgan fingerprint density at radius 1 is 0.875 bits per heavy atom. The molecule has 0 bridgehead atoms. The number of halogens is 6. The largest absolute Gasteiger partial charge is 0.416 e. The van der Waals surface area contributed by atoms with Crippen LogP contribution >= 0.6 is 0 Å². The van der Waals surface area contributed by atoms with Gasteiger partial charge in [-0.05, 0) is 24.6 Å². The maximum absolute atomic E-state index is 12.4. The van der Waals surface area contributed by atoms with E-state index >= 15 is 0 Å². The quantitative estimate of drug-likeness (QED) is 0.546. The summed E-state index contributed by atoms with van der Waals surface area (Å²) in [6, 6.07) is 0.981. The maximum Gasteiger partial charge on any atom is 0.416 e. The Labute approximate surface area is 86.9 Å². The number of rotatable bonds is 0. The first kappa shape index (κ1) is 12.7. The van der Waals surface area contributed by atoms with Crippen molar-refractivity contribution in [2.75, 3.05) is 5.73 Å². The fraction of sp³-hybridized carbons (Fsp3) is 0.333. The zero-order chi connectivity index (χ0) is 12.7. The Hall–Kier alpha value is -1.40. The van der Waals surface area contributed by atoms with Crippen LogP contribution in [0.1, 0.15) is 16.7 Å². The first-order valence-electron chi connectivity index (χ1n) is 4.08. The van der Waals surface area contributed by atoms with Crippen LogP contribution < -0.4 is 5.73 Å². The van der Waals surface area contributed by atoms with Gasteiger partial charge >= 0.3 is 12.4 Å². The highest BCUT2D eigenvalue weighted by Crippen LogP contribution is 2.40. The molecule has 1 nitrogen and oxygen atoms in total. The average Bonchev–Trinajstić information content (AvgIpc) is 2.04. The molecule has 0 aliphatic rings. The molecule has 0 fully saturated rings. The topological polar surface area (TPSA) is 26.0 Å². The van der Waals surface area contributed by atoms with Gasteiger partial charge in [-0.1, -0.05) is 0 Å². The second kappa shape index (κ2) is 3.57. The predicted molar refractivity (Wildman–Crippen MR) is 45.6 cm³/mol. The van der Waals surface area contributed by atoms with E-state index in [9.17, 15) is 26.3 Å². The summed E-state index contributed by atoms with van der Waals surface area (Å²) >= 11 is 0. The van der Waals surface area contributed by atoms with Crippen LogP contribution in [-0.2, 0) is 12.4 Å². The van der Waals surface area contributed by atoms with Crippen LogP contribution in [0, 0.1) is 6.92 Å². The van der Waals surface area contributed by atoms with E-state index in [-0.39, 0.29) is 0 Å². The summed E-state index contributed by atoms with van der Waals surface area (Å²) in [5, 5.41) is 0. The Kier molecular flexibility index (Phi) is 2.82. The average molecular weight is 243 g/mol. The number of hydrogen-bond acceptors (Lipinski definition) is 1. The summed E-state index contributed by atoms with van der Waals surface area (Å²) in [6.07, 6.45) is -9.70. The maximum atomic E-state index is 12.4. The Morgan fingerprint density at radius 2 is 1.19 bits per heavy atom. The Morgan fingerprint density at radius 3 is 1.44 bits per heavy atom. The lowest BCUT2D eigenvalue weighted by Crippen LogP contribution is -2.15. The zero-order valence-corrected chi connectivity index (χ0v) is 8.00. The first-order valence-corrected chi connectivity index (χ1v) is 4.08. The first-order chi connectivity index (χ1) is 7.03. The minimum absolute atomic E-state index is 0.491. The van der Waals surface area contributed by atoms with E-state index in [0.717, 1.165) is 6.92 Å². The van der Waals surface area contributed by atoms with Crippen molar-refractivity contribution < 1.29 is 26.3 Å². The van der Waals surface area contributed by atoms with Gasteiger partial charge in [0.1, 0.15) is 0 Å². The summed E-state index contributed by atoms with van der Waals surface area (Å²) < 4.78 is 74.2. The van der Waals surface area contributed by atoms with Crippen LogP contribution in [0.4, 0.5) is 32.0 Å². The number of nitrogen functional groups attached to an aromatic ring is 1. The minimum atomic E-state index is -4.85. The molecule has 0 amide bonds. The molecule has 0 saturated heterocycles. The van der Waals surface area contributed by atoms with Gasteiger partial charge in [-0.15, -0.1) is 0 Å². The van der Waals surface area contributed by atoms with E-state index in [1.165, 1.54) is 0 Å². The van der Waals surface area contributed by atoms with Crippen molar-refractivity contribution in [2.24, 2.45) is 0 Å². The molecule has 0 atom stereocenters. The van der Waals surface area contributed by atoms with Gasteiger partial charge in [0.2, 0.25) is 0 Å². The van der Waals surface area contributed by atoms with Crippen molar-refractivity contribution in [1.82, 2.24) is 0 Å². The lowest BCUT2D eigenvalue weighted by molar-refractivity contribution is -0.143. The molecular weight excluding hydrogens is 236 g/mol. The van der Waals surface area contributed by atoms with Crippen LogP contribution in [0.5, 0.6) is 0 Å². The SMILES string of the molecule is Cc1c(C(F)(F)F)cc(N)cc1C(F)(F)F. The lowest BCUT2D eigenvalue weighted by Gasteiger charge is -2.16. The molecule has 1 rings (SSSR count). The lowest BCUT2D eigenvalue weighted by atomic mass is 10.0. The molecule has 0 heterocycles. The fourth-order valence-electron chi connectivity index (χ4n) is 1.33. The van der Waals surface area contributed by atoms with Gasteiger partial charge in [-0.25, -0.2) is 0 Å². The fourth-order valence-corrected chi connectivity index (χ4v) is 1.33. The van der Waals surface area contributed by atoms with Gasteiger partial charge < -0.3 is 5.73 Å². The van der Waals surface area contributed by atoms with Crippen LogP contribution in [0.15, 0.2) is 12.1 Å². The molecule has 90 valence electrons. The number of alkyl halides is 6. The highest BCUT2D eigenvalue weighted by Gasteiger charge is 2.39. The number of benzene rings is 1. The molecule has 1 aromatic rings. The van der Waals surface area contributed by atoms with Gasteiger partial charge in [0.15, 0.2) is 0 Å². The zero-order valence-electron chi connectivity index (χ0n) is 8.00. The van der Waals surface area contributed by atoms with Crippen molar-refractivity contribution in [3.05, 3.63) is 28.8 Å². The number of anilines is 1. The summed E-state index contributed by atoms with van der Waals surface area (Å²) in [6.45, 7) is 0.769. The number of nitrogens with two attached hydrogens (primary N) is 1. The van der Waals surface area contributed by atoms with Crippen LogP contribution in [0.3, 0.4) is 0 Å². The summed E-state index contributed by atoms with van der Waals surface area (Å²) in [4.78, 5) is 0. The molecule has 0 spiro atoms. The van der Waals surface area contributed by atoms with E-state index in [0.29, 0.717) is 12.1 Å². The van der Waals surface area contributed by atoms with Gasteiger partial charge in [0.25, 0.3) is 0 Å². The van der Waals surface area contributed by atoms with Crippen molar-refractivity contribution in [1.29, 1.82) is 0 Å². The molecule has 16 heavy (non-hydrogen) atoms. The van der Waals surface area contributed by atoms with E-state index in [4.69, 9.17) is 5.73 Å². The third kappa shape index (κ3) is 2.40. The van der Waals surface area contributed by atoms with Crippen LogP contribution in [0.2, 0.25) is 0 Å². The number of hydrogen-bond donors (Lipinski definition) is 1. The van der Waals surface area contributed by atoms with E-state index in [2.05, 4.69) is 0 Å². The van der Waals surface area contributed by atoms with Crippen molar-refractivity contribution in [2.45, 2.75) is 19.3 Å². The standard InChI is InChI=1S/C9H7F6N/c1-4-6(8(10,11)12)2-5(16)3-7(4)9(13,14)15/h2-3H,16H2,1H3. The molecule has 0 aliphatic heterocycles. The molecule has 7 heteroatoms. The molecule has 0 aromatic heterocycles. The predicted octanol–water partition coefficient (Wildman–Crippen LogP) is 3.61. The summed E-state index contributed by atoms with van der Waals surface area (Å²) in [5.74, 6) is 0.